The van der Waals surface area contributed by atoms with Gasteiger partial charge in [0.25, 0.3) is 5.91 Å². The van der Waals surface area contributed by atoms with Gasteiger partial charge in [0.15, 0.2) is 5.65 Å². The summed E-state index contributed by atoms with van der Waals surface area (Å²) >= 11 is 1.58. The van der Waals surface area contributed by atoms with Gasteiger partial charge in [0.05, 0.1) is 7.11 Å². The number of nitrogens with zero attached hydrogens (tertiary/aromatic N) is 4. The van der Waals surface area contributed by atoms with Crippen LogP contribution >= 0.6 is 11.3 Å². The normalized spacial score (nSPS) is 10.8. The minimum Gasteiger partial charge on any atom is -0.497 e. The van der Waals surface area contributed by atoms with E-state index in [-0.39, 0.29) is 5.91 Å². The number of carbonyl (C=O) groups is 1. The molecule has 8 heteroatoms. The fourth-order valence-corrected chi connectivity index (χ4v) is 3.28. The number of carbonyl (C=O) groups excluding carboxylic acids is 1. The largest absolute Gasteiger partial charge is 0.497 e. The number of hydrogen-bond donors (Lipinski definition) is 1. The number of thiophene rings is 1. The lowest BCUT2D eigenvalue weighted by Crippen LogP contribution is -2.24. The molecule has 26 heavy (non-hydrogen) atoms. The van der Waals surface area contributed by atoms with Gasteiger partial charge in [-0.3, -0.25) is 4.79 Å². The summed E-state index contributed by atoms with van der Waals surface area (Å²) in [6.07, 6.45) is 1.49. The van der Waals surface area contributed by atoms with Crippen LogP contribution < -0.4 is 10.1 Å². The van der Waals surface area contributed by atoms with E-state index in [0.717, 1.165) is 22.4 Å². The Labute approximate surface area is 153 Å². The molecule has 0 fully saturated rings. The quantitative estimate of drug-likeness (QED) is 0.588. The van der Waals surface area contributed by atoms with Crippen molar-refractivity contribution >= 4 is 22.9 Å². The van der Waals surface area contributed by atoms with E-state index in [4.69, 9.17) is 4.74 Å². The van der Waals surface area contributed by atoms with E-state index < -0.39 is 0 Å². The highest BCUT2D eigenvalue weighted by molar-refractivity contribution is 7.08. The zero-order valence-electron chi connectivity index (χ0n) is 13.9. The molecule has 4 aromatic rings. The fourth-order valence-electron chi connectivity index (χ4n) is 2.62. The number of nitrogens with one attached hydrogen (secondary N) is 1. The van der Waals surface area contributed by atoms with Gasteiger partial charge in [0.1, 0.15) is 17.8 Å². The first-order chi connectivity index (χ1) is 12.7. The summed E-state index contributed by atoms with van der Waals surface area (Å²) in [4.78, 5) is 12.6. The number of rotatable bonds is 5. The van der Waals surface area contributed by atoms with Crippen molar-refractivity contribution in [1.82, 2.24) is 25.1 Å². The molecular weight excluding hydrogens is 350 g/mol. The molecule has 1 aromatic carbocycles. The molecule has 3 aromatic heterocycles. The average molecular weight is 365 g/mol. The molecule has 0 saturated carbocycles. The van der Waals surface area contributed by atoms with Crippen molar-refractivity contribution in [3.05, 3.63) is 64.7 Å². The lowest BCUT2D eigenvalue weighted by Gasteiger charge is -2.08. The number of benzene rings is 1. The van der Waals surface area contributed by atoms with Gasteiger partial charge in [-0.2, -0.15) is 21.0 Å². The van der Waals surface area contributed by atoms with Crippen LogP contribution in [0.3, 0.4) is 0 Å². The maximum Gasteiger partial charge on any atom is 0.272 e. The van der Waals surface area contributed by atoms with Crippen LogP contribution in [0.2, 0.25) is 0 Å². The zero-order chi connectivity index (χ0) is 17.9. The average Bonchev–Trinajstić information content (AvgIpc) is 3.37. The number of hydrogen-bond acceptors (Lipinski definition) is 6. The second-order valence-electron chi connectivity index (χ2n) is 5.59. The minimum absolute atomic E-state index is 0.264. The molecule has 7 nitrogen and oxygen atoms in total. The van der Waals surface area contributed by atoms with Gasteiger partial charge >= 0.3 is 0 Å². The van der Waals surface area contributed by atoms with Crippen LogP contribution in [0.15, 0.2) is 53.5 Å². The van der Waals surface area contributed by atoms with Crippen molar-refractivity contribution in [3.63, 3.8) is 0 Å². The monoisotopic (exact) mass is 365 g/mol. The Kier molecular flexibility index (Phi) is 4.32. The van der Waals surface area contributed by atoms with E-state index in [1.807, 2.05) is 41.1 Å². The second kappa shape index (κ2) is 6.93. The van der Waals surface area contributed by atoms with Gasteiger partial charge in [-0.05, 0) is 46.2 Å². The number of ether oxygens (including phenoxy) is 1. The van der Waals surface area contributed by atoms with Crippen LogP contribution in [0.1, 0.15) is 16.1 Å². The molecule has 4 rings (SSSR count). The maximum atomic E-state index is 12.6. The van der Waals surface area contributed by atoms with Gasteiger partial charge < -0.3 is 10.1 Å². The summed E-state index contributed by atoms with van der Waals surface area (Å²) in [5.41, 5.74) is 3.68. The van der Waals surface area contributed by atoms with Gasteiger partial charge in [0, 0.05) is 12.1 Å². The topological polar surface area (TPSA) is 81.4 Å². The Bertz CT molecular complexity index is 1060. The van der Waals surface area contributed by atoms with Gasteiger partial charge in [0.2, 0.25) is 0 Å². The Morgan fingerprint density at radius 3 is 3.04 bits per heavy atom. The molecule has 0 aliphatic heterocycles. The second-order valence-corrected chi connectivity index (χ2v) is 6.37. The summed E-state index contributed by atoms with van der Waals surface area (Å²) in [7, 11) is 1.61. The molecule has 3 heterocycles. The minimum atomic E-state index is -0.264. The van der Waals surface area contributed by atoms with Gasteiger partial charge in [-0.25, -0.2) is 0 Å². The van der Waals surface area contributed by atoms with Crippen molar-refractivity contribution < 1.29 is 9.53 Å². The third kappa shape index (κ3) is 3.14. The predicted octanol–water partition coefficient (Wildman–Crippen LogP) is 2.79. The van der Waals surface area contributed by atoms with Crippen LogP contribution in [0.4, 0.5) is 0 Å². The summed E-state index contributed by atoms with van der Waals surface area (Å²) in [5.74, 6) is 0.487. The highest BCUT2D eigenvalue weighted by Crippen LogP contribution is 2.25. The first-order valence-corrected chi connectivity index (χ1v) is 8.83. The van der Waals surface area contributed by atoms with Crippen LogP contribution in [-0.4, -0.2) is 32.8 Å². The van der Waals surface area contributed by atoms with Gasteiger partial charge in [-0.15, -0.1) is 10.2 Å². The van der Waals surface area contributed by atoms with Crippen LogP contribution in [0.5, 0.6) is 5.75 Å². The Balaban J connectivity index is 1.60. The van der Waals surface area contributed by atoms with E-state index in [9.17, 15) is 4.79 Å². The first kappa shape index (κ1) is 16.2. The summed E-state index contributed by atoms with van der Waals surface area (Å²) in [6, 6.07) is 11.3. The predicted molar refractivity (Wildman–Crippen MR) is 98.3 cm³/mol. The highest BCUT2D eigenvalue weighted by Gasteiger charge is 2.15. The molecule has 0 aliphatic carbocycles. The highest BCUT2D eigenvalue weighted by atomic mass is 32.1. The van der Waals surface area contributed by atoms with Crippen molar-refractivity contribution in [1.29, 1.82) is 0 Å². The maximum absolute atomic E-state index is 12.6. The molecule has 0 saturated heterocycles. The summed E-state index contributed by atoms with van der Waals surface area (Å²) in [5, 5.41) is 19.2. The van der Waals surface area contributed by atoms with E-state index in [0.29, 0.717) is 17.9 Å². The van der Waals surface area contributed by atoms with Crippen molar-refractivity contribution in [2.45, 2.75) is 6.54 Å². The molecule has 0 unspecified atom stereocenters. The molecule has 0 radical (unpaired) electrons. The van der Waals surface area contributed by atoms with Crippen molar-refractivity contribution in [2.75, 3.05) is 7.11 Å². The lowest BCUT2D eigenvalue weighted by molar-refractivity contribution is 0.0944. The Morgan fingerprint density at radius 1 is 1.31 bits per heavy atom. The Morgan fingerprint density at radius 2 is 2.23 bits per heavy atom. The third-order valence-electron chi connectivity index (χ3n) is 3.92. The van der Waals surface area contributed by atoms with Crippen molar-refractivity contribution in [2.24, 2.45) is 0 Å². The van der Waals surface area contributed by atoms with Crippen LogP contribution in [-0.2, 0) is 6.54 Å². The number of fused-ring (bicyclic) bond motifs is 1. The molecule has 1 amide bonds. The first-order valence-electron chi connectivity index (χ1n) is 7.89. The van der Waals surface area contributed by atoms with E-state index >= 15 is 0 Å². The molecule has 0 atom stereocenters. The number of methoxy groups -OCH3 is 1. The van der Waals surface area contributed by atoms with Crippen molar-refractivity contribution in [3.8, 4) is 16.9 Å². The lowest BCUT2D eigenvalue weighted by atomic mass is 10.1. The van der Waals surface area contributed by atoms with Crippen LogP contribution in [0, 0.1) is 0 Å². The molecule has 1 N–H and O–H groups in total. The Hall–Kier alpha value is -3.26. The molecular formula is C18H15N5O2S. The molecule has 0 bridgehead atoms. The van der Waals surface area contributed by atoms with Gasteiger partial charge in [-0.1, -0.05) is 12.1 Å². The van der Waals surface area contributed by atoms with Crippen LogP contribution in [0.25, 0.3) is 16.8 Å². The zero-order valence-corrected chi connectivity index (χ0v) is 14.7. The SMILES string of the molecule is COc1cccc(CNC(=O)c2cc(-c3ccsc3)c3nncn3n2)c1. The fraction of sp³-hybridized carbons (Fsp3) is 0.111. The number of aromatic nitrogens is 4. The third-order valence-corrected chi connectivity index (χ3v) is 4.60. The molecule has 130 valence electrons. The smallest absolute Gasteiger partial charge is 0.272 e. The molecule has 0 aliphatic rings. The standard InChI is InChI=1S/C18H15N5O2S/c1-25-14-4-2-3-12(7-14)9-19-18(24)16-8-15(13-5-6-26-10-13)17-21-20-11-23(17)22-16/h2-8,10-11H,9H2,1H3,(H,19,24). The van der Waals surface area contributed by atoms with E-state index in [1.165, 1.54) is 10.8 Å². The number of amides is 1. The summed E-state index contributed by atoms with van der Waals surface area (Å²) in [6.45, 7) is 0.381. The van der Waals surface area contributed by atoms with E-state index in [2.05, 4.69) is 20.6 Å². The summed E-state index contributed by atoms with van der Waals surface area (Å²) < 4.78 is 6.72. The van der Waals surface area contributed by atoms with E-state index in [1.54, 1.807) is 24.5 Å². The molecule has 0 spiro atoms.